The highest BCUT2D eigenvalue weighted by molar-refractivity contribution is 5.44. The molecular weight excluding hydrogens is 232 g/mol. The summed E-state index contributed by atoms with van der Waals surface area (Å²) in [6.45, 7) is 3.00. The lowest BCUT2D eigenvalue weighted by Crippen LogP contribution is -2.29. The maximum Gasteiger partial charge on any atom is 0.161 e. The molecular formula is C14H18O4. The minimum atomic E-state index is 0.162. The Morgan fingerprint density at radius 3 is 2.61 bits per heavy atom. The second-order valence-electron chi connectivity index (χ2n) is 4.92. The fourth-order valence-electron chi connectivity index (χ4n) is 2.45. The smallest absolute Gasteiger partial charge is 0.161 e. The molecule has 1 aromatic rings. The second kappa shape index (κ2) is 5.16. The van der Waals surface area contributed by atoms with Crippen LogP contribution in [0.1, 0.15) is 17.9 Å². The monoisotopic (exact) mass is 250 g/mol. The highest BCUT2D eigenvalue weighted by Gasteiger charge is 2.24. The van der Waals surface area contributed by atoms with Gasteiger partial charge in [-0.25, -0.2) is 0 Å². The molecule has 98 valence electrons. The minimum Gasteiger partial charge on any atom is -0.486 e. The molecule has 18 heavy (non-hydrogen) atoms. The van der Waals surface area contributed by atoms with Gasteiger partial charge in [-0.3, -0.25) is 0 Å². The first-order chi connectivity index (χ1) is 8.86. The molecule has 1 unspecified atom stereocenters. The molecule has 0 spiro atoms. The standard InChI is InChI=1S/C14H18O4/c15-7-12(5-10-8-16-9-10)11-1-2-13-14(6-11)18-4-3-17-13/h1-2,6,10,12,15H,3-5,7-9H2. The Morgan fingerprint density at radius 2 is 1.94 bits per heavy atom. The van der Waals surface area contributed by atoms with E-state index in [1.165, 1.54) is 0 Å². The quantitative estimate of drug-likeness (QED) is 0.881. The topological polar surface area (TPSA) is 47.9 Å². The van der Waals surface area contributed by atoms with E-state index in [1.807, 2.05) is 18.2 Å². The molecule has 2 aliphatic rings. The molecule has 4 nitrogen and oxygen atoms in total. The lowest BCUT2D eigenvalue weighted by molar-refractivity contribution is -0.0405. The van der Waals surface area contributed by atoms with E-state index >= 15 is 0 Å². The third kappa shape index (κ3) is 2.31. The van der Waals surface area contributed by atoms with Crippen LogP contribution in [0, 0.1) is 5.92 Å². The third-order valence-corrected chi connectivity index (χ3v) is 3.58. The van der Waals surface area contributed by atoms with Gasteiger partial charge in [0.1, 0.15) is 13.2 Å². The molecule has 1 saturated heterocycles. The zero-order valence-electron chi connectivity index (χ0n) is 10.3. The largest absolute Gasteiger partial charge is 0.486 e. The van der Waals surface area contributed by atoms with Crippen molar-refractivity contribution in [2.45, 2.75) is 12.3 Å². The summed E-state index contributed by atoms with van der Waals surface area (Å²) in [7, 11) is 0. The lowest BCUT2D eigenvalue weighted by Gasteiger charge is -2.29. The van der Waals surface area contributed by atoms with E-state index in [9.17, 15) is 5.11 Å². The molecule has 1 aromatic carbocycles. The van der Waals surface area contributed by atoms with Crippen LogP contribution in [0.2, 0.25) is 0 Å². The first kappa shape index (κ1) is 11.8. The Balaban J connectivity index is 1.76. The summed E-state index contributed by atoms with van der Waals surface area (Å²) in [5.41, 5.74) is 1.12. The average molecular weight is 250 g/mol. The van der Waals surface area contributed by atoms with Crippen molar-refractivity contribution in [3.05, 3.63) is 23.8 Å². The molecule has 0 radical (unpaired) electrons. The van der Waals surface area contributed by atoms with Crippen molar-refractivity contribution in [1.29, 1.82) is 0 Å². The molecule has 4 heteroatoms. The van der Waals surface area contributed by atoms with Gasteiger partial charge in [-0.2, -0.15) is 0 Å². The maximum absolute atomic E-state index is 9.54. The van der Waals surface area contributed by atoms with Crippen LogP contribution in [0.5, 0.6) is 11.5 Å². The van der Waals surface area contributed by atoms with Gasteiger partial charge in [0.15, 0.2) is 11.5 Å². The number of aliphatic hydroxyl groups is 1. The summed E-state index contributed by atoms with van der Waals surface area (Å²) in [5, 5.41) is 9.54. The summed E-state index contributed by atoms with van der Waals surface area (Å²) in [6, 6.07) is 5.95. The molecule has 1 atom stereocenters. The van der Waals surface area contributed by atoms with Crippen LogP contribution in [0.4, 0.5) is 0 Å². The van der Waals surface area contributed by atoms with Crippen molar-refractivity contribution in [3.8, 4) is 11.5 Å². The van der Waals surface area contributed by atoms with E-state index in [0.29, 0.717) is 19.1 Å². The van der Waals surface area contributed by atoms with E-state index in [1.54, 1.807) is 0 Å². The van der Waals surface area contributed by atoms with E-state index in [2.05, 4.69) is 0 Å². The summed E-state index contributed by atoms with van der Waals surface area (Å²) < 4.78 is 16.3. The van der Waals surface area contributed by atoms with Crippen LogP contribution in [-0.2, 0) is 4.74 Å². The molecule has 3 rings (SSSR count). The Hall–Kier alpha value is -1.26. The van der Waals surface area contributed by atoms with E-state index in [-0.39, 0.29) is 12.5 Å². The summed E-state index contributed by atoms with van der Waals surface area (Å²) >= 11 is 0. The van der Waals surface area contributed by atoms with Gasteiger partial charge in [-0.15, -0.1) is 0 Å². The second-order valence-corrected chi connectivity index (χ2v) is 4.92. The zero-order chi connectivity index (χ0) is 12.4. The lowest BCUT2D eigenvalue weighted by atomic mass is 9.88. The van der Waals surface area contributed by atoms with Gasteiger partial charge in [0.2, 0.25) is 0 Å². The first-order valence-electron chi connectivity index (χ1n) is 6.45. The molecule has 1 N–H and O–H groups in total. The normalized spacial score (nSPS) is 20.3. The van der Waals surface area contributed by atoms with Crippen LogP contribution >= 0.6 is 0 Å². The number of benzene rings is 1. The Morgan fingerprint density at radius 1 is 1.17 bits per heavy atom. The molecule has 0 saturated carbocycles. The van der Waals surface area contributed by atoms with Gasteiger partial charge in [0.05, 0.1) is 13.2 Å². The highest BCUT2D eigenvalue weighted by Crippen LogP contribution is 2.35. The highest BCUT2D eigenvalue weighted by atomic mass is 16.6. The van der Waals surface area contributed by atoms with Crippen LogP contribution in [0.25, 0.3) is 0 Å². The molecule has 0 aliphatic carbocycles. The first-order valence-corrected chi connectivity index (χ1v) is 6.45. The van der Waals surface area contributed by atoms with Gasteiger partial charge >= 0.3 is 0 Å². The Kier molecular flexibility index (Phi) is 3.39. The maximum atomic E-state index is 9.54. The third-order valence-electron chi connectivity index (χ3n) is 3.58. The van der Waals surface area contributed by atoms with Crippen molar-refractivity contribution in [2.24, 2.45) is 5.92 Å². The zero-order valence-corrected chi connectivity index (χ0v) is 10.3. The summed E-state index contributed by atoms with van der Waals surface area (Å²) in [6.07, 6.45) is 0.968. The summed E-state index contributed by atoms with van der Waals surface area (Å²) in [5.74, 6) is 2.33. The molecule has 0 bridgehead atoms. The van der Waals surface area contributed by atoms with Gasteiger partial charge < -0.3 is 19.3 Å². The van der Waals surface area contributed by atoms with Crippen LogP contribution in [0.3, 0.4) is 0 Å². The van der Waals surface area contributed by atoms with E-state index in [0.717, 1.165) is 36.7 Å². The number of aliphatic hydroxyl groups excluding tert-OH is 1. The van der Waals surface area contributed by atoms with Crippen molar-refractivity contribution in [3.63, 3.8) is 0 Å². The van der Waals surface area contributed by atoms with Crippen LogP contribution in [0.15, 0.2) is 18.2 Å². The van der Waals surface area contributed by atoms with Crippen molar-refractivity contribution >= 4 is 0 Å². The molecule has 0 amide bonds. The van der Waals surface area contributed by atoms with Crippen LogP contribution < -0.4 is 9.47 Å². The predicted molar refractivity (Wildman–Crippen MR) is 66.2 cm³/mol. The van der Waals surface area contributed by atoms with E-state index in [4.69, 9.17) is 14.2 Å². The minimum absolute atomic E-state index is 0.162. The van der Waals surface area contributed by atoms with Crippen molar-refractivity contribution in [2.75, 3.05) is 33.0 Å². The Labute approximate surface area is 106 Å². The average Bonchev–Trinajstić information content (AvgIpc) is 2.37. The molecule has 1 fully saturated rings. The van der Waals surface area contributed by atoms with Gasteiger partial charge in [-0.1, -0.05) is 6.07 Å². The number of rotatable bonds is 4. The number of hydrogen-bond donors (Lipinski definition) is 1. The SMILES string of the molecule is OCC(CC1COC1)c1ccc2c(c1)OCCO2. The van der Waals surface area contributed by atoms with Gasteiger partial charge in [0.25, 0.3) is 0 Å². The van der Waals surface area contributed by atoms with Crippen molar-refractivity contribution in [1.82, 2.24) is 0 Å². The molecule has 2 heterocycles. The number of ether oxygens (including phenoxy) is 3. The number of fused-ring (bicyclic) bond motifs is 1. The fourth-order valence-corrected chi connectivity index (χ4v) is 2.45. The molecule has 2 aliphatic heterocycles. The van der Waals surface area contributed by atoms with Gasteiger partial charge in [0, 0.05) is 18.4 Å². The fraction of sp³-hybridized carbons (Fsp3) is 0.571. The number of hydrogen-bond acceptors (Lipinski definition) is 4. The van der Waals surface area contributed by atoms with Crippen LogP contribution in [-0.4, -0.2) is 38.1 Å². The summed E-state index contributed by atoms with van der Waals surface area (Å²) in [4.78, 5) is 0. The van der Waals surface area contributed by atoms with Crippen molar-refractivity contribution < 1.29 is 19.3 Å². The van der Waals surface area contributed by atoms with Gasteiger partial charge in [-0.05, 0) is 24.1 Å². The molecule has 0 aromatic heterocycles. The predicted octanol–water partition coefficient (Wildman–Crippen LogP) is 1.57. The Bertz CT molecular complexity index is 414. The van der Waals surface area contributed by atoms with E-state index < -0.39 is 0 Å².